The summed E-state index contributed by atoms with van der Waals surface area (Å²) in [7, 11) is 0. The molecule has 0 saturated carbocycles. The molecule has 0 aliphatic carbocycles. The van der Waals surface area contributed by atoms with Gasteiger partial charge in [0.2, 0.25) is 0 Å². The van der Waals surface area contributed by atoms with Crippen LogP contribution in [0.4, 0.5) is 4.39 Å². The van der Waals surface area contributed by atoms with Gasteiger partial charge in [0, 0.05) is 5.56 Å². The molecule has 1 saturated heterocycles. The van der Waals surface area contributed by atoms with Gasteiger partial charge in [-0.2, -0.15) is 5.01 Å². The van der Waals surface area contributed by atoms with Crippen LogP contribution in [0.1, 0.15) is 21.5 Å². The number of nitrogens with one attached hydrogen (secondary N) is 1. The third kappa shape index (κ3) is 3.94. The van der Waals surface area contributed by atoms with Crippen molar-refractivity contribution < 1.29 is 14.0 Å². The molecule has 25 heavy (non-hydrogen) atoms. The van der Waals surface area contributed by atoms with Gasteiger partial charge < -0.3 is 0 Å². The summed E-state index contributed by atoms with van der Waals surface area (Å²) in [4.78, 5) is 25.1. The number of aryl methyl sites for hydroxylation is 1. The number of hydrogen-bond donors (Lipinski definition) is 1. The Hall–Kier alpha value is -2.51. The molecule has 3 rings (SSSR count). The number of benzene rings is 2. The van der Waals surface area contributed by atoms with Gasteiger partial charge in [-0.1, -0.05) is 41.6 Å². The molecule has 2 amide bonds. The molecule has 0 unspecified atom stereocenters. The van der Waals surface area contributed by atoms with Crippen molar-refractivity contribution in [2.45, 2.75) is 6.92 Å². The maximum Gasteiger partial charge on any atom is 0.285 e. The molecule has 0 atom stereocenters. The first-order chi connectivity index (χ1) is 11.9. The zero-order chi connectivity index (χ0) is 18.0. The summed E-state index contributed by atoms with van der Waals surface area (Å²) in [6.07, 6.45) is 1.61. The smallest absolute Gasteiger partial charge is 0.267 e. The number of carbonyl (C=O) groups is 2. The summed E-state index contributed by atoms with van der Waals surface area (Å²) in [5, 5.41) is 1.05. The topological polar surface area (TPSA) is 49.4 Å². The fraction of sp³-hybridized carbons (Fsp3) is 0.0556. The van der Waals surface area contributed by atoms with Crippen LogP contribution in [-0.2, 0) is 4.79 Å². The Bertz CT molecular complexity index is 877. The van der Waals surface area contributed by atoms with E-state index in [9.17, 15) is 14.0 Å². The minimum Gasteiger partial charge on any atom is -0.267 e. The number of thiocarbonyl (C=S) groups is 1. The summed E-state index contributed by atoms with van der Waals surface area (Å²) < 4.78 is 13.2. The van der Waals surface area contributed by atoms with Crippen LogP contribution < -0.4 is 5.43 Å². The van der Waals surface area contributed by atoms with E-state index in [2.05, 4.69) is 5.43 Å². The lowest BCUT2D eigenvalue weighted by Gasteiger charge is -2.15. The maximum absolute atomic E-state index is 13.0. The molecule has 2 aromatic rings. The number of hydrazine groups is 1. The van der Waals surface area contributed by atoms with Gasteiger partial charge in [0.1, 0.15) is 5.82 Å². The van der Waals surface area contributed by atoms with Crippen LogP contribution in [-0.4, -0.2) is 21.1 Å². The summed E-state index contributed by atoms with van der Waals surface area (Å²) in [5.41, 5.74) is 4.66. The zero-order valence-electron chi connectivity index (χ0n) is 13.2. The van der Waals surface area contributed by atoms with Gasteiger partial charge >= 0.3 is 0 Å². The summed E-state index contributed by atoms with van der Waals surface area (Å²) in [5.74, 6) is -1.19. The van der Waals surface area contributed by atoms with E-state index in [1.54, 1.807) is 30.3 Å². The van der Waals surface area contributed by atoms with Crippen molar-refractivity contribution in [2.75, 3.05) is 0 Å². The number of thioether (sulfide) groups is 1. The molecule has 126 valence electrons. The first-order valence-electron chi connectivity index (χ1n) is 7.35. The third-order valence-electron chi connectivity index (χ3n) is 3.49. The minimum atomic E-state index is -0.417. The monoisotopic (exact) mass is 372 g/mol. The summed E-state index contributed by atoms with van der Waals surface area (Å²) in [6, 6.07) is 12.7. The Morgan fingerprint density at radius 3 is 2.44 bits per heavy atom. The molecular formula is C18H13FN2O2S2. The van der Waals surface area contributed by atoms with Crippen LogP contribution in [0.25, 0.3) is 6.08 Å². The van der Waals surface area contributed by atoms with E-state index in [4.69, 9.17) is 12.2 Å². The quantitative estimate of drug-likeness (QED) is 0.660. The zero-order valence-corrected chi connectivity index (χ0v) is 14.8. The average Bonchev–Trinajstić information content (AvgIpc) is 2.85. The predicted molar refractivity (Wildman–Crippen MR) is 100 cm³/mol. The van der Waals surface area contributed by atoms with Crippen molar-refractivity contribution >= 4 is 46.2 Å². The molecular weight excluding hydrogens is 359 g/mol. The van der Waals surface area contributed by atoms with Gasteiger partial charge in [-0.05, 0) is 55.0 Å². The van der Waals surface area contributed by atoms with Gasteiger partial charge in [-0.15, -0.1) is 0 Å². The van der Waals surface area contributed by atoms with Gasteiger partial charge in [-0.3, -0.25) is 15.0 Å². The van der Waals surface area contributed by atoms with Crippen LogP contribution in [0.3, 0.4) is 0 Å². The molecule has 1 aliphatic rings. The van der Waals surface area contributed by atoms with E-state index >= 15 is 0 Å². The number of amides is 2. The molecule has 1 heterocycles. The standard InChI is InChI=1S/C18H13FN2O2S2/c1-11-2-6-13(7-3-11)16(22)20-21-17(23)15(25-18(21)24)10-12-4-8-14(19)9-5-12/h2-10H,1H3,(H,20,22). The highest BCUT2D eigenvalue weighted by Crippen LogP contribution is 2.31. The van der Waals surface area contributed by atoms with E-state index in [1.807, 2.05) is 19.1 Å². The maximum atomic E-state index is 13.0. The molecule has 1 fully saturated rings. The molecule has 1 N–H and O–H groups in total. The molecule has 1 aliphatic heterocycles. The Labute approximate surface area is 153 Å². The number of rotatable bonds is 3. The first-order valence-corrected chi connectivity index (χ1v) is 8.58. The Morgan fingerprint density at radius 2 is 1.80 bits per heavy atom. The molecule has 7 heteroatoms. The summed E-state index contributed by atoms with van der Waals surface area (Å²) >= 11 is 6.25. The molecule has 0 spiro atoms. The predicted octanol–water partition coefficient (Wildman–Crippen LogP) is 3.68. The SMILES string of the molecule is Cc1ccc(C(=O)NN2C(=O)C(=Cc3ccc(F)cc3)SC2=S)cc1. The first kappa shape index (κ1) is 17.3. The third-order valence-corrected chi connectivity index (χ3v) is 4.79. The number of hydrogen-bond acceptors (Lipinski definition) is 4. The van der Waals surface area contributed by atoms with Gasteiger partial charge in [-0.25, -0.2) is 4.39 Å². The molecule has 0 aromatic heterocycles. The highest BCUT2D eigenvalue weighted by Gasteiger charge is 2.33. The van der Waals surface area contributed by atoms with E-state index in [0.29, 0.717) is 16.0 Å². The fourth-order valence-corrected chi connectivity index (χ4v) is 3.32. The van der Waals surface area contributed by atoms with Crippen molar-refractivity contribution in [3.63, 3.8) is 0 Å². The molecule has 2 aromatic carbocycles. The van der Waals surface area contributed by atoms with E-state index in [0.717, 1.165) is 22.3 Å². The van der Waals surface area contributed by atoms with Gasteiger partial charge in [0.15, 0.2) is 4.32 Å². The second kappa shape index (κ2) is 7.16. The van der Waals surface area contributed by atoms with Crippen LogP contribution in [0, 0.1) is 12.7 Å². The van der Waals surface area contributed by atoms with Crippen molar-refractivity contribution in [3.8, 4) is 0 Å². The van der Waals surface area contributed by atoms with Crippen LogP contribution in [0.15, 0.2) is 53.4 Å². The van der Waals surface area contributed by atoms with Crippen LogP contribution in [0.2, 0.25) is 0 Å². The second-order valence-corrected chi connectivity index (χ2v) is 7.05. The number of carbonyl (C=O) groups excluding carboxylic acids is 2. The van der Waals surface area contributed by atoms with Crippen molar-refractivity contribution in [2.24, 2.45) is 0 Å². The van der Waals surface area contributed by atoms with Crippen molar-refractivity contribution in [1.29, 1.82) is 0 Å². The summed E-state index contributed by atoms with van der Waals surface area (Å²) in [6.45, 7) is 1.92. The Balaban J connectivity index is 1.76. The number of halogens is 1. The van der Waals surface area contributed by atoms with Crippen LogP contribution in [0.5, 0.6) is 0 Å². The van der Waals surface area contributed by atoms with Crippen molar-refractivity contribution in [3.05, 3.63) is 75.9 Å². The van der Waals surface area contributed by atoms with Gasteiger partial charge in [0.05, 0.1) is 4.91 Å². The largest absolute Gasteiger partial charge is 0.285 e. The second-order valence-electron chi connectivity index (χ2n) is 5.38. The average molecular weight is 372 g/mol. The van der Waals surface area contributed by atoms with Crippen molar-refractivity contribution in [1.82, 2.24) is 10.4 Å². The Morgan fingerprint density at radius 1 is 1.16 bits per heavy atom. The fourth-order valence-electron chi connectivity index (χ4n) is 2.15. The van der Waals surface area contributed by atoms with Gasteiger partial charge in [0.25, 0.3) is 11.8 Å². The molecule has 0 bridgehead atoms. The number of nitrogens with zero attached hydrogens (tertiary/aromatic N) is 1. The lowest BCUT2D eigenvalue weighted by Crippen LogP contribution is -2.44. The molecule has 4 nitrogen and oxygen atoms in total. The molecule has 0 radical (unpaired) electrons. The highest BCUT2D eigenvalue weighted by molar-refractivity contribution is 8.26. The normalized spacial score (nSPS) is 15.8. The highest BCUT2D eigenvalue weighted by atomic mass is 32.2. The minimum absolute atomic E-state index is 0.235. The van der Waals surface area contributed by atoms with E-state index < -0.39 is 11.8 Å². The Kier molecular flexibility index (Phi) is 4.96. The lowest BCUT2D eigenvalue weighted by molar-refractivity contribution is -0.123. The lowest BCUT2D eigenvalue weighted by atomic mass is 10.1. The van der Waals surface area contributed by atoms with Crippen LogP contribution >= 0.6 is 24.0 Å². The van der Waals surface area contributed by atoms with E-state index in [1.165, 1.54) is 12.1 Å². The van der Waals surface area contributed by atoms with E-state index in [-0.39, 0.29) is 10.1 Å².